The van der Waals surface area contributed by atoms with Gasteiger partial charge in [0.1, 0.15) is 0 Å². The number of aromatic nitrogens is 2. The van der Waals surface area contributed by atoms with Gasteiger partial charge in [-0.05, 0) is 17.7 Å². The highest BCUT2D eigenvalue weighted by atomic mass is 16.4. The maximum Gasteiger partial charge on any atom is 0.337 e. The van der Waals surface area contributed by atoms with Crippen LogP contribution in [0.4, 0.5) is 0 Å². The van der Waals surface area contributed by atoms with E-state index in [2.05, 4.69) is 4.98 Å². The van der Waals surface area contributed by atoms with Crippen LogP contribution in [0.15, 0.2) is 43.0 Å². The molecule has 15 heavy (non-hydrogen) atoms. The standard InChI is InChI=1S/C11H10N2O2/c14-11(15)10-3-5-13(8-10)7-9-2-1-4-12-6-9/h1-6,8H,7H2,(H,14,15). The van der Waals surface area contributed by atoms with E-state index < -0.39 is 5.97 Å². The number of nitrogens with zero attached hydrogens (tertiary/aromatic N) is 2. The van der Waals surface area contributed by atoms with E-state index in [1.807, 2.05) is 16.7 Å². The summed E-state index contributed by atoms with van der Waals surface area (Å²) in [4.78, 5) is 14.6. The Labute approximate surface area is 86.8 Å². The van der Waals surface area contributed by atoms with Crippen LogP contribution < -0.4 is 0 Å². The van der Waals surface area contributed by atoms with Gasteiger partial charge in [0.2, 0.25) is 0 Å². The Hall–Kier alpha value is -2.10. The van der Waals surface area contributed by atoms with Crippen molar-refractivity contribution in [1.29, 1.82) is 0 Å². The highest BCUT2D eigenvalue weighted by molar-refractivity contribution is 5.87. The number of rotatable bonds is 3. The molecule has 2 aromatic rings. The zero-order valence-corrected chi connectivity index (χ0v) is 8.00. The van der Waals surface area contributed by atoms with Gasteiger partial charge in [-0.15, -0.1) is 0 Å². The molecular weight excluding hydrogens is 192 g/mol. The van der Waals surface area contributed by atoms with Gasteiger partial charge in [0.25, 0.3) is 0 Å². The molecule has 0 saturated heterocycles. The van der Waals surface area contributed by atoms with Crippen LogP contribution >= 0.6 is 0 Å². The second-order valence-corrected chi connectivity index (χ2v) is 3.24. The minimum absolute atomic E-state index is 0.305. The zero-order valence-electron chi connectivity index (χ0n) is 8.00. The van der Waals surface area contributed by atoms with Crippen LogP contribution in [0.2, 0.25) is 0 Å². The van der Waals surface area contributed by atoms with Crippen molar-refractivity contribution in [3.05, 3.63) is 54.1 Å². The Morgan fingerprint density at radius 2 is 2.33 bits per heavy atom. The van der Waals surface area contributed by atoms with Gasteiger partial charge in [-0.1, -0.05) is 6.07 Å². The lowest BCUT2D eigenvalue weighted by atomic mass is 10.3. The lowest BCUT2D eigenvalue weighted by Gasteiger charge is -2.01. The Morgan fingerprint density at radius 1 is 1.47 bits per heavy atom. The quantitative estimate of drug-likeness (QED) is 0.822. The van der Waals surface area contributed by atoms with E-state index >= 15 is 0 Å². The van der Waals surface area contributed by atoms with E-state index in [9.17, 15) is 4.79 Å². The molecule has 0 saturated carbocycles. The molecule has 2 rings (SSSR count). The van der Waals surface area contributed by atoms with Crippen molar-refractivity contribution in [2.45, 2.75) is 6.54 Å². The minimum Gasteiger partial charge on any atom is -0.478 e. The van der Waals surface area contributed by atoms with Crippen molar-refractivity contribution in [3.63, 3.8) is 0 Å². The van der Waals surface area contributed by atoms with E-state index in [1.54, 1.807) is 30.9 Å². The molecule has 0 aliphatic rings. The molecule has 4 nitrogen and oxygen atoms in total. The van der Waals surface area contributed by atoms with Gasteiger partial charge < -0.3 is 9.67 Å². The second-order valence-electron chi connectivity index (χ2n) is 3.24. The molecule has 0 radical (unpaired) electrons. The molecule has 0 unspecified atom stereocenters. The third-order valence-electron chi connectivity index (χ3n) is 2.09. The molecule has 76 valence electrons. The van der Waals surface area contributed by atoms with Gasteiger partial charge in [0.05, 0.1) is 5.56 Å². The predicted octanol–water partition coefficient (Wildman–Crippen LogP) is 1.63. The summed E-state index contributed by atoms with van der Waals surface area (Å²) in [5, 5.41) is 8.74. The molecule has 0 aliphatic heterocycles. The molecule has 0 spiro atoms. The van der Waals surface area contributed by atoms with Crippen LogP contribution in [0.25, 0.3) is 0 Å². The van der Waals surface area contributed by atoms with E-state index in [4.69, 9.17) is 5.11 Å². The molecule has 0 aliphatic carbocycles. The fraction of sp³-hybridized carbons (Fsp3) is 0.0909. The number of carboxylic acid groups (broad SMARTS) is 1. The van der Waals surface area contributed by atoms with Crippen LogP contribution in [0.3, 0.4) is 0 Å². The van der Waals surface area contributed by atoms with E-state index in [0.29, 0.717) is 12.1 Å². The van der Waals surface area contributed by atoms with Crippen LogP contribution in [-0.4, -0.2) is 20.6 Å². The Kier molecular flexibility index (Phi) is 2.49. The predicted molar refractivity (Wildman–Crippen MR) is 54.7 cm³/mol. The van der Waals surface area contributed by atoms with Crippen LogP contribution in [0, 0.1) is 0 Å². The zero-order chi connectivity index (χ0) is 10.7. The highest BCUT2D eigenvalue weighted by Crippen LogP contribution is 2.05. The van der Waals surface area contributed by atoms with Gasteiger partial charge >= 0.3 is 5.97 Å². The number of carbonyl (C=O) groups is 1. The lowest BCUT2D eigenvalue weighted by molar-refractivity contribution is 0.0697. The summed E-state index contributed by atoms with van der Waals surface area (Å²) >= 11 is 0. The average molecular weight is 202 g/mol. The van der Waals surface area contributed by atoms with Gasteiger partial charge in [-0.2, -0.15) is 0 Å². The SMILES string of the molecule is O=C(O)c1ccn(Cc2cccnc2)c1. The Bertz CT molecular complexity index is 462. The third kappa shape index (κ3) is 2.22. The number of hydrogen-bond acceptors (Lipinski definition) is 2. The Morgan fingerprint density at radius 3 is 2.93 bits per heavy atom. The molecule has 0 amide bonds. The smallest absolute Gasteiger partial charge is 0.337 e. The number of carboxylic acids is 1. The molecule has 0 atom stereocenters. The van der Waals surface area contributed by atoms with Gasteiger partial charge in [0, 0.05) is 31.3 Å². The fourth-order valence-electron chi connectivity index (χ4n) is 1.37. The monoisotopic (exact) mass is 202 g/mol. The van der Waals surface area contributed by atoms with Crippen molar-refractivity contribution in [1.82, 2.24) is 9.55 Å². The van der Waals surface area contributed by atoms with Crippen molar-refractivity contribution in [3.8, 4) is 0 Å². The fourth-order valence-corrected chi connectivity index (χ4v) is 1.37. The maximum absolute atomic E-state index is 10.6. The first-order chi connectivity index (χ1) is 7.25. The molecule has 0 fully saturated rings. The minimum atomic E-state index is -0.903. The molecule has 0 aromatic carbocycles. The first-order valence-corrected chi connectivity index (χ1v) is 4.54. The molecule has 4 heteroatoms. The maximum atomic E-state index is 10.6. The van der Waals surface area contributed by atoms with Crippen molar-refractivity contribution < 1.29 is 9.90 Å². The van der Waals surface area contributed by atoms with E-state index in [0.717, 1.165) is 5.56 Å². The summed E-state index contributed by atoms with van der Waals surface area (Å²) < 4.78 is 1.82. The average Bonchev–Trinajstić information content (AvgIpc) is 2.68. The molecule has 2 heterocycles. The topological polar surface area (TPSA) is 55.1 Å². The van der Waals surface area contributed by atoms with E-state index in [1.165, 1.54) is 0 Å². The van der Waals surface area contributed by atoms with Gasteiger partial charge in [-0.3, -0.25) is 4.98 Å². The summed E-state index contributed by atoms with van der Waals surface area (Å²) in [7, 11) is 0. The number of aromatic carboxylic acids is 1. The lowest BCUT2D eigenvalue weighted by Crippen LogP contribution is -1.98. The first kappa shape index (κ1) is 9.45. The summed E-state index contributed by atoms with van der Waals surface area (Å²) in [5.41, 5.74) is 1.35. The summed E-state index contributed by atoms with van der Waals surface area (Å²) in [6.45, 7) is 0.640. The Balaban J connectivity index is 2.15. The highest BCUT2D eigenvalue weighted by Gasteiger charge is 2.04. The molecule has 1 N–H and O–H groups in total. The van der Waals surface area contributed by atoms with Crippen LogP contribution in [0.5, 0.6) is 0 Å². The third-order valence-corrected chi connectivity index (χ3v) is 2.09. The van der Waals surface area contributed by atoms with Crippen LogP contribution in [0.1, 0.15) is 15.9 Å². The summed E-state index contributed by atoms with van der Waals surface area (Å²) in [6.07, 6.45) is 6.83. The summed E-state index contributed by atoms with van der Waals surface area (Å²) in [6, 6.07) is 5.39. The molecular formula is C11H10N2O2. The first-order valence-electron chi connectivity index (χ1n) is 4.54. The molecule has 0 bridgehead atoms. The van der Waals surface area contributed by atoms with Crippen molar-refractivity contribution in [2.75, 3.05) is 0 Å². The number of pyridine rings is 1. The van der Waals surface area contributed by atoms with Crippen LogP contribution in [-0.2, 0) is 6.54 Å². The van der Waals surface area contributed by atoms with Gasteiger partial charge in [0.15, 0.2) is 0 Å². The van der Waals surface area contributed by atoms with Crippen molar-refractivity contribution in [2.24, 2.45) is 0 Å². The van der Waals surface area contributed by atoms with Crippen molar-refractivity contribution >= 4 is 5.97 Å². The van der Waals surface area contributed by atoms with Gasteiger partial charge in [-0.25, -0.2) is 4.79 Å². The summed E-state index contributed by atoms with van der Waals surface area (Å²) in [5.74, 6) is -0.903. The normalized spacial score (nSPS) is 10.1. The van der Waals surface area contributed by atoms with E-state index in [-0.39, 0.29) is 0 Å². The number of hydrogen-bond donors (Lipinski definition) is 1. The largest absolute Gasteiger partial charge is 0.478 e. The molecule has 2 aromatic heterocycles. The second kappa shape index (κ2) is 3.96.